The van der Waals surface area contributed by atoms with Gasteiger partial charge >= 0.3 is 0 Å². The van der Waals surface area contributed by atoms with Crippen LogP contribution in [0.15, 0.2) is 48.8 Å². The molecule has 3 N–H and O–H groups in total. The third-order valence-corrected chi connectivity index (χ3v) is 2.82. The Balaban J connectivity index is 2.19. The first kappa shape index (κ1) is 12.4. The van der Waals surface area contributed by atoms with Gasteiger partial charge < -0.3 is 10.8 Å². The fourth-order valence-electron chi connectivity index (χ4n) is 1.73. The Labute approximate surface area is 105 Å². The fourth-order valence-corrected chi connectivity index (χ4v) is 1.73. The van der Waals surface area contributed by atoms with E-state index in [2.05, 4.69) is 4.98 Å². The van der Waals surface area contributed by atoms with E-state index in [1.165, 1.54) is 0 Å². The molecule has 0 radical (unpaired) electrons. The molecule has 0 amide bonds. The Morgan fingerprint density at radius 3 is 2.44 bits per heavy atom. The van der Waals surface area contributed by atoms with E-state index < -0.39 is 12.1 Å². The number of aromatic nitrogens is 1. The molecule has 0 saturated heterocycles. The van der Waals surface area contributed by atoms with Crippen LogP contribution in [0.3, 0.4) is 0 Å². The minimum Gasteiger partial charge on any atom is -0.386 e. The van der Waals surface area contributed by atoms with Gasteiger partial charge in [-0.15, -0.1) is 0 Å². The standard InChI is InChI=1S/C14H14N2O2/c15-13(12-2-1-7-16-8-12)14(18)11-5-3-10(9-17)4-6-11/h1-9,13-14,18H,15H2. The molecule has 0 fully saturated rings. The van der Waals surface area contributed by atoms with Gasteiger partial charge in [-0.25, -0.2) is 0 Å². The third-order valence-electron chi connectivity index (χ3n) is 2.82. The molecule has 0 spiro atoms. The van der Waals surface area contributed by atoms with Crippen LogP contribution in [0.4, 0.5) is 0 Å². The van der Waals surface area contributed by atoms with Crippen molar-refractivity contribution in [3.8, 4) is 0 Å². The SMILES string of the molecule is NC(c1cccnc1)C(O)c1ccc(C=O)cc1. The molecule has 0 bridgehead atoms. The van der Waals surface area contributed by atoms with Crippen LogP contribution >= 0.6 is 0 Å². The van der Waals surface area contributed by atoms with Gasteiger partial charge in [0.15, 0.2) is 0 Å². The van der Waals surface area contributed by atoms with Crippen LogP contribution in [0.2, 0.25) is 0 Å². The molecule has 0 aliphatic heterocycles. The number of carbonyl (C=O) groups excluding carboxylic acids is 1. The maximum atomic E-state index is 10.5. The molecule has 4 heteroatoms. The molecule has 4 nitrogen and oxygen atoms in total. The van der Waals surface area contributed by atoms with Gasteiger partial charge in [0, 0.05) is 18.0 Å². The van der Waals surface area contributed by atoms with E-state index in [1.54, 1.807) is 42.7 Å². The number of benzene rings is 1. The average Bonchev–Trinajstić information content (AvgIpc) is 2.47. The van der Waals surface area contributed by atoms with Gasteiger partial charge in [-0.05, 0) is 17.2 Å². The van der Waals surface area contributed by atoms with Gasteiger partial charge in [0.25, 0.3) is 0 Å². The summed E-state index contributed by atoms with van der Waals surface area (Å²) in [5, 5.41) is 10.2. The maximum absolute atomic E-state index is 10.5. The molecule has 1 aromatic carbocycles. The quantitative estimate of drug-likeness (QED) is 0.799. The van der Waals surface area contributed by atoms with E-state index in [0.29, 0.717) is 11.1 Å². The lowest BCUT2D eigenvalue weighted by molar-refractivity contribution is 0.112. The van der Waals surface area contributed by atoms with Gasteiger partial charge in [0.2, 0.25) is 0 Å². The van der Waals surface area contributed by atoms with Crippen LogP contribution in [-0.4, -0.2) is 16.4 Å². The van der Waals surface area contributed by atoms with Crippen molar-refractivity contribution in [3.63, 3.8) is 0 Å². The van der Waals surface area contributed by atoms with E-state index in [0.717, 1.165) is 11.8 Å². The number of pyridine rings is 1. The summed E-state index contributed by atoms with van der Waals surface area (Å²) >= 11 is 0. The van der Waals surface area contributed by atoms with Crippen molar-refractivity contribution < 1.29 is 9.90 Å². The van der Waals surface area contributed by atoms with Crippen molar-refractivity contribution in [3.05, 3.63) is 65.5 Å². The van der Waals surface area contributed by atoms with Crippen LogP contribution in [-0.2, 0) is 0 Å². The second-order valence-corrected chi connectivity index (χ2v) is 4.04. The highest BCUT2D eigenvalue weighted by Crippen LogP contribution is 2.26. The van der Waals surface area contributed by atoms with Crippen LogP contribution < -0.4 is 5.73 Å². The highest BCUT2D eigenvalue weighted by Gasteiger charge is 2.18. The van der Waals surface area contributed by atoms with Gasteiger partial charge in [-0.2, -0.15) is 0 Å². The van der Waals surface area contributed by atoms with Gasteiger partial charge in [-0.3, -0.25) is 9.78 Å². The summed E-state index contributed by atoms with van der Waals surface area (Å²) in [7, 11) is 0. The lowest BCUT2D eigenvalue weighted by Gasteiger charge is -2.19. The largest absolute Gasteiger partial charge is 0.386 e. The number of carbonyl (C=O) groups is 1. The summed E-state index contributed by atoms with van der Waals surface area (Å²) in [6, 6.07) is 9.76. The first-order valence-electron chi connectivity index (χ1n) is 5.61. The Kier molecular flexibility index (Phi) is 3.82. The lowest BCUT2D eigenvalue weighted by atomic mass is 9.97. The minimum atomic E-state index is -0.824. The van der Waals surface area contributed by atoms with Crippen molar-refractivity contribution >= 4 is 6.29 Å². The molecule has 0 saturated carbocycles. The molecule has 2 aromatic rings. The summed E-state index contributed by atoms with van der Waals surface area (Å²) in [6.07, 6.45) is 3.22. The van der Waals surface area contributed by atoms with Crippen molar-refractivity contribution in [1.82, 2.24) is 4.98 Å². The highest BCUT2D eigenvalue weighted by atomic mass is 16.3. The Bertz CT molecular complexity index is 511. The van der Waals surface area contributed by atoms with Crippen LogP contribution in [0, 0.1) is 0 Å². The van der Waals surface area contributed by atoms with Crippen LogP contribution in [0.25, 0.3) is 0 Å². The van der Waals surface area contributed by atoms with E-state index >= 15 is 0 Å². The summed E-state index contributed by atoms with van der Waals surface area (Å²) in [5.41, 5.74) is 8.00. The molecule has 0 aliphatic rings. The number of aliphatic hydroxyl groups is 1. The fraction of sp³-hybridized carbons (Fsp3) is 0.143. The Morgan fingerprint density at radius 2 is 1.89 bits per heavy atom. The zero-order valence-corrected chi connectivity index (χ0v) is 9.73. The highest BCUT2D eigenvalue weighted by molar-refractivity contribution is 5.74. The van der Waals surface area contributed by atoms with Gasteiger partial charge in [-0.1, -0.05) is 30.3 Å². The summed E-state index contributed by atoms with van der Waals surface area (Å²) in [6.45, 7) is 0. The number of aliphatic hydroxyl groups excluding tert-OH is 1. The third kappa shape index (κ3) is 2.61. The number of nitrogens with zero attached hydrogens (tertiary/aromatic N) is 1. The van der Waals surface area contributed by atoms with Gasteiger partial charge in [0.05, 0.1) is 12.1 Å². The smallest absolute Gasteiger partial charge is 0.150 e. The normalized spacial score (nSPS) is 13.9. The number of aldehydes is 1. The molecule has 18 heavy (non-hydrogen) atoms. The van der Waals surface area contributed by atoms with Crippen molar-refractivity contribution in [2.24, 2.45) is 5.73 Å². The zero-order valence-electron chi connectivity index (χ0n) is 9.73. The lowest BCUT2D eigenvalue weighted by Crippen LogP contribution is -2.19. The number of nitrogens with two attached hydrogens (primary N) is 1. The molecule has 92 valence electrons. The Hall–Kier alpha value is -2.04. The number of rotatable bonds is 4. The molecule has 2 unspecified atom stereocenters. The van der Waals surface area contributed by atoms with Crippen molar-refractivity contribution in [2.45, 2.75) is 12.1 Å². The average molecular weight is 242 g/mol. The topological polar surface area (TPSA) is 76.2 Å². The summed E-state index contributed by atoms with van der Waals surface area (Å²) < 4.78 is 0. The molecule has 1 aromatic heterocycles. The molecule has 0 aliphatic carbocycles. The summed E-state index contributed by atoms with van der Waals surface area (Å²) in [5.74, 6) is 0. The van der Waals surface area contributed by atoms with Gasteiger partial charge in [0.1, 0.15) is 6.29 Å². The maximum Gasteiger partial charge on any atom is 0.150 e. The molecular weight excluding hydrogens is 228 g/mol. The van der Waals surface area contributed by atoms with Crippen LogP contribution in [0.5, 0.6) is 0 Å². The molecule has 1 heterocycles. The zero-order chi connectivity index (χ0) is 13.0. The van der Waals surface area contributed by atoms with E-state index in [1.807, 2.05) is 6.07 Å². The Morgan fingerprint density at radius 1 is 1.17 bits per heavy atom. The monoisotopic (exact) mass is 242 g/mol. The minimum absolute atomic E-state index is 0.541. The first-order valence-corrected chi connectivity index (χ1v) is 5.61. The van der Waals surface area contributed by atoms with E-state index in [-0.39, 0.29) is 0 Å². The molecular formula is C14H14N2O2. The number of hydrogen-bond acceptors (Lipinski definition) is 4. The first-order chi connectivity index (χ1) is 8.72. The molecule has 2 atom stereocenters. The second kappa shape index (κ2) is 5.53. The predicted octanol–water partition coefficient (Wildman–Crippen LogP) is 1.63. The van der Waals surface area contributed by atoms with Crippen molar-refractivity contribution in [2.75, 3.05) is 0 Å². The summed E-state index contributed by atoms with van der Waals surface area (Å²) in [4.78, 5) is 14.5. The second-order valence-electron chi connectivity index (χ2n) is 4.04. The van der Waals surface area contributed by atoms with Crippen LogP contribution in [0.1, 0.15) is 33.6 Å². The van der Waals surface area contributed by atoms with Crippen molar-refractivity contribution in [1.29, 1.82) is 0 Å². The predicted molar refractivity (Wildman–Crippen MR) is 68.0 cm³/mol. The number of hydrogen-bond donors (Lipinski definition) is 2. The van der Waals surface area contributed by atoms with E-state index in [4.69, 9.17) is 5.73 Å². The van der Waals surface area contributed by atoms with E-state index in [9.17, 15) is 9.90 Å². The molecule has 2 rings (SSSR count).